The Bertz CT molecular complexity index is 534. The zero-order chi connectivity index (χ0) is 11.4. The van der Waals surface area contributed by atoms with Gasteiger partial charge in [-0.2, -0.15) is 0 Å². The molecule has 0 fully saturated rings. The highest BCUT2D eigenvalue weighted by atomic mass is 16.5. The number of hydrogen-bond donors (Lipinski definition) is 1. The third-order valence-electron chi connectivity index (χ3n) is 2.18. The summed E-state index contributed by atoms with van der Waals surface area (Å²) in [4.78, 5) is 17.4. The van der Waals surface area contributed by atoms with Crippen molar-refractivity contribution in [3.8, 4) is 11.6 Å². The summed E-state index contributed by atoms with van der Waals surface area (Å²) < 4.78 is 5.47. The van der Waals surface area contributed by atoms with Crippen LogP contribution >= 0.6 is 0 Å². The topological polar surface area (TPSA) is 55.0 Å². The molecule has 0 amide bonds. The zero-order valence-electron chi connectivity index (χ0n) is 8.93. The average molecular weight is 216 g/mol. The second-order valence-electron chi connectivity index (χ2n) is 3.35. The first-order valence-electron chi connectivity index (χ1n) is 5.09. The van der Waals surface area contributed by atoms with Crippen LogP contribution in [0.3, 0.4) is 0 Å². The Morgan fingerprint density at radius 3 is 3.00 bits per heavy atom. The highest BCUT2D eigenvalue weighted by Gasteiger charge is 1.99. The van der Waals surface area contributed by atoms with Crippen LogP contribution in [0.25, 0.3) is 0 Å². The molecule has 0 aliphatic rings. The smallest absolute Gasteiger partial charge is 0.254 e. The SMILES string of the molecule is CCc1cccc(Oc2cc(=O)[nH]cn2)c1. The highest BCUT2D eigenvalue weighted by Crippen LogP contribution is 2.19. The van der Waals surface area contributed by atoms with Gasteiger partial charge in [-0.25, -0.2) is 4.98 Å². The number of ether oxygens (including phenoxy) is 1. The summed E-state index contributed by atoms with van der Waals surface area (Å²) in [6, 6.07) is 9.03. The van der Waals surface area contributed by atoms with Gasteiger partial charge in [-0.1, -0.05) is 19.1 Å². The number of hydrogen-bond acceptors (Lipinski definition) is 3. The number of aryl methyl sites for hydroxylation is 1. The van der Waals surface area contributed by atoms with Crippen molar-refractivity contribution >= 4 is 0 Å². The summed E-state index contributed by atoms with van der Waals surface area (Å²) in [5, 5.41) is 0. The van der Waals surface area contributed by atoms with E-state index in [2.05, 4.69) is 16.9 Å². The van der Waals surface area contributed by atoms with E-state index in [0.29, 0.717) is 11.6 Å². The summed E-state index contributed by atoms with van der Waals surface area (Å²) in [6.45, 7) is 2.07. The number of aromatic amines is 1. The summed E-state index contributed by atoms with van der Waals surface area (Å²) in [5.41, 5.74) is 0.957. The summed E-state index contributed by atoms with van der Waals surface area (Å²) in [7, 11) is 0. The lowest BCUT2D eigenvalue weighted by Gasteiger charge is -2.04. The van der Waals surface area contributed by atoms with Crippen LogP contribution in [-0.2, 0) is 6.42 Å². The Morgan fingerprint density at radius 1 is 1.38 bits per heavy atom. The van der Waals surface area contributed by atoms with E-state index in [1.807, 2.05) is 24.3 Å². The van der Waals surface area contributed by atoms with E-state index in [9.17, 15) is 4.79 Å². The van der Waals surface area contributed by atoms with Crippen molar-refractivity contribution in [2.75, 3.05) is 0 Å². The van der Waals surface area contributed by atoms with Gasteiger partial charge in [-0.3, -0.25) is 4.79 Å². The molecule has 0 saturated carbocycles. The maximum atomic E-state index is 11.0. The molecule has 0 bridgehead atoms. The summed E-state index contributed by atoms with van der Waals surface area (Å²) >= 11 is 0. The molecule has 4 heteroatoms. The maximum absolute atomic E-state index is 11.0. The van der Waals surface area contributed by atoms with E-state index in [1.54, 1.807) is 0 Å². The normalized spacial score (nSPS) is 10.1. The molecule has 0 aliphatic heterocycles. The van der Waals surface area contributed by atoms with Gasteiger partial charge >= 0.3 is 0 Å². The van der Waals surface area contributed by atoms with Gasteiger partial charge in [0.2, 0.25) is 5.88 Å². The molecule has 1 aromatic heterocycles. The van der Waals surface area contributed by atoms with Crippen LogP contribution in [-0.4, -0.2) is 9.97 Å². The molecular weight excluding hydrogens is 204 g/mol. The van der Waals surface area contributed by atoms with E-state index in [0.717, 1.165) is 6.42 Å². The van der Waals surface area contributed by atoms with Gasteiger partial charge in [0.25, 0.3) is 5.56 Å². The monoisotopic (exact) mass is 216 g/mol. The molecule has 0 saturated heterocycles. The Labute approximate surface area is 92.9 Å². The minimum Gasteiger partial charge on any atom is -0.439 e. The fourth-order valence-corrected chi connectivity index (χ4v) is 1.36. The molecule has 0 radical (unpaired) electrons. The standard InChI is InChI=1S/C12H12N2O2/c1-2-9-4-3-5-10(6-9)16-12-7-11(15)13-8-14-12/h3-8H,2H2,1H3,(H,13,14,15). The second-order valence-corrected chi connectivity index (χ2v) is 3.35. The Kier molecular flexibility index (Phi) is 3.00. The first-order chi connectivity index (χ1) is 7.78. The lowest BCUT2D eigenvalue weighted by atomic mass is 10.2. The maximum Gasteiger partial charge on any atom is 0.254 e. The van der Waals surface area contributed by atoms with Crippen molar-refractivity contribution in [1.29, 1.82) is 0 Å². The minimum absolute atomic E-state index is 0.225. The van der Waals surface area contributed by atoms with Crippen LogP contribution in [0, 0.1) is 0 Å². The molecule has 4 nitrogen and oxygen atoms in total. The van der Waals surface area contributed by atoms with Crippen LogP contribution in [0.2, 0.25) is 0 Å². The minimum atomic E-state index is -0.225. The van der Waals surface area contributed by atoms with Gasteiger partial charge < -0.3 is 9.72 Å². The Hall–Kier alpha value is -2.10. The van der Waals surface area contributed by atoms with Crippen LogP contribution in [0.4, 0.5) is 0 Å². The predicted molar refractivity (Wildman–Crippen MR) is 60.8 cm³/mol. The lowest BCUT2D eigenvalue weighted by molar-refractivity contribution is 0.460. The van der Waals surface area contributed by atoms with Crippen LogP contribution in [0.5, 0.6) is 11.6 Å². The molecule has 82 valence electrons. The Balaban J connectivity index is 2.23. The van der Waals surface area contributed by atoms with E-state index in [-0.39, 0.29) is 5.56 Å². The molecule has 0 aliphatic carbocycles. The molecule has 0 unspecified atom stereocenters. The van der Waals surface area contributed by atoms with Gasteiger partial charge in [0.05, 0.1) is 12.4 Å². The molecule has 2 rings (SSSR count). The fraction of sp³-hybridized carbons (Fsp3) is 0.167. The molecule has 1 aromatic carbocycles. The third-order valence-corrected chi connectivity index (χ3v) is 2.18. The number of rotatable bonds is 3. The molecule has 1 heterocycles. The third kappa shape index (κ3) is 2.48. The highest BCUT2D eigenvalue weighted by molar-refractivity contribution is 5.31. The number of nitrogens with zero attached hydrogens (tertiary/aromatic N) is 1. The number of nitrogens with one attached hydrogen (secondary N) is 1. The van der Waals surface area contributed by atoms with E-state index in [4.69, 9.17) is 4.74 Å². The lowest BCUT2D eigenvalue weighted by Crippen LogP contribution is -2.04. The molecule has 0 spiro atoms. The van der Waals surface area contributed by atoms with Crippen molar-refractivity contribution in [2.24, 2.45) is 0 Å². The van der Waals surface area contributed by atoms with Crippen molar-refractivity contribution in [3.63, 3.8) is 0 Å². The van der Waals surface area contributed by atoms with Crippen molar-refractivity contribution in [2.45, 2.75) is 13.3 Å². The molecule has 1 N–H and O–H groups in total. The van der Waals surface area contributed by atoms with Gasteiger partial charge in [0.1, 0.15) is 5.75 Å². The largest absolute Gasteiger partial charge is 0.439 e. The molecule has 2 aromatic rings. The number of benzene rings is 1. The van der Waals surface area contributed by atoms with E-state index < -0.39 is 0 Å². The van der Waals surface area contributed by atoms with Gasteiger partial charge in [0, 0.05) is 0 Å². The predicted octanol–water partition coefficient (Wildman–Crippen LogP) is 2.12. The fourth-order valence-electron chi connectivity index (χ4n) is 1.36. The average Bonchev–Trinajstić information content (AvgIpc) is 2.29. The second kappa shape index (κ2) is 4.61. The van der Waals surface area contributed by atoms with Gasteiger partial charge in [-0.15, -0.1) is 0 Å². The van der Waals surface area contributed by atoms with Crippen LogP contribution in [0.1, 0.15) is 12.5 Å². The van der Waals surface area contributed by atoms with Gasteiger partial charge in [-0.05, 0) is 24.1 Å². The quantitative estimate of drug-likeness (QED) is 0.855. The molecule has 0 atom stereocenters. The zero-order valence-corrected chi connectivity index (χ0v) is 8.93. The van der Waals surface area contributed by atoms with Crippen LogP contribution < -0.4 is 10.3 Å². The van der Waals surface area contributed by atoms with Crippen molar-refractivity contribution in [3.05, 3.63) is 52.6 Å². The van der Waals surface area contributed by atoms with E-state index in [1.165, 1.54) is 18.0 Å². The van der Waals surface area contributed by atoms with Crippen LogP contribution in [0.15, 0.2) is 41.5 Å². The van der Waals surface area contributed by atoms with E-state index >= 15 is 0 Å². The number of aromatic nitrogens is 2. The summed E-state index contributed by atoms with van der Waals surface area (Å²) in [5.74, 6) is 0.995. The molecule has 16 heavy (non-hydrogen) atoms. The first kappa shape index (κ1) is 10.4. The number of H-pyrrole nitrogens is 1. The van der Waals surface area contributed by atoms with Crippen molar-refractivity contribution in [1.82, 2.24) is 9.97 Å². The summed E-state index contributed by atoms with van der Waals surface area (Å²) in [6.07, 6.45) is 2.27. The Morgan fingerprint density at radius 2 is 2.25 bits per heavy atom. The van der Waals surface area contributed by atoms with Gasteiger partial charge in [0.15, 0.2) is 0 Å². The van der Waals surface area contributed by atoms with Crippen molar-refractivity contribution < 1.29 is 4.74 Å². The molecular formula is C12H12N2O2. The first-order valence-corrected chi connectivity index (χ1v) is 5.09.